The van der Waals surface area contributed by atoms with Gasteiger partial charge in [-0.1, -0.05) is 15.9 Å². The SMILES string of the molecule is O=C(CNS(=O)(=O)c1ccc(Br)cc1)N1CCNCC1. The third-order valence-electron chi connectivity index (χ3n) is 3.01. The Labute approximate surface area is 126 Å². The molecule has 0 spiro atoms. The van der Waals surface area contributed by atoms with Crippen LogP contribution in [0.3, 0.4) is 0 Å². The minimum Gasteiger partial charge on any atom is -0.339 e. The molecule has 0 saturated carbocycles. The van der Waals surface area contributed by atoms with Gasteiger partial charge in [0.25, 0.3) is 0 Å². The molecule has 1 saturated heterocycles. The Bertz CT molecular complexity index is 568. The summed E-state index contributed by atoms with van der Waals surface area (Å²) in [5, 5.41) is 3.14. The molecular formula is C12H16BrN3O3S. The highest BCUT2D eigenvalue weighted by atomic mass is 79.9. The van der Waals surface area contributed by atoms with Gasteiger partial charge in [-0.3, -0.25) is 4.79 Å². The predicted octanol–water partition coefficient (Wildman–Crippen LogP) is 0.159. The van der Waals surface area contributed by atoms with E-state index in [-0.39, 0.29) is 17.3 Å². The standard InChI is InChI=1S/C12H16BrN3O3S/c13-10-1-3-11(4-2-10)20(18,19)15-9-12(17)16-7-5-14-6-8-16/h1-4,14-15H,5-9H2. The van der Waals surface area contributed by atoms with E-state index in [0.717, 1.165) is 17.6 Å². The fraction of sp³-hybridized carbons (Fsp3) is 0.417. The summed E-state index contributed by atoms with van der Waals surface area (Å²) in [7, 11) is -3.64. The summed E-state index contributed by atoms with van der Waals surface area (Å²) in [4.78, 5) is 13.7. The van der Waals surface area contributed by atoms with Crippen LogP contribution in [0.1, 0.15) is 0 Å². The van der Waals surface area contributed by atoms with Crippen LogP contribution in [0.25, 0.3) is 0 Å². The summed E-state index contributed by atoms with van der Waals surface area (Å²) in [6.45, 7) is 2.49. The van der Waals surface area contributed by atoms with E-state index < -0.39 is 10.0 Å². The van der Waals surface area contributed by atoms with Crippen molar-refractivity contribution in [2.75, 3.05) is 32.7 Å². The van der Waals surface area contributed by atoms with Crippen molar-refractivity contribution in [2.45, 2.75) is 4.90 Å². The summed E-state index contributed by atoms with van der Waals surface area (Å²) in [5.74, 6) is -0.202. The van der Waals surface area contributed by atoms with Gasteiger partial charge >= 0.3 is 0 Å². The van der Waals surface area contributed by atoms with Crippen molar-refractivity contribution < 1.29 is 13.2 Å². The molecule has 0 bridgehead atoms. The zero-order valence-electron chi connectivity index (χ0n) is 10.8. The van der Waals surface area contributed by atoms with Crippen LogP contribution in [-0.4, -0.2) is 51.9 Å². The number of hydrogen-bond donors (Lipinski definition) is 2. The van der Waals surface area contributed by atoms with Gasteiger partial charge in [-0.15, -0.1) is 0 Å². The van der Waals surface area contributed by atoms with Crippen LogP contribution in [0.2, 0.25) is 0 Å². The van der Waals surface area contributed by atoms with Gasteiger partial charge in [0.15, 0.2) is 0 Å². The molecule has 1 aliphatic rings. The zero-order valence-corrected chi connectivity index (χ0v) is 13.2. The third-order valence-corrected chi connectivity index (χ3v) is 4.95. The average molecular weight is 362 g/mol. The van der Waals surface area contributed by atoms with Gasteiger partial charge in [0.05, 0.1) is 11.4 Å². The van der Waals surface area contributed by atoms with Gasteiger partial charge in [-0.05, 0) is 24.3 Å². The van der Waals surface area contributed by atoms with E-state index in [1.54, 1.807) is 17.0 Å². The lowest BCUT2D eigenvalue weighted by molar-refractivity contribution is -0.130. The highest BCUT2D eigenvalue weighted by Gasteiger charge is 2.19. The molecule has 0 aliphatic carbocycles. The molecule has 0 atom stereocenters. The summed E-state index contributed by atoms with van der Waals surface area (Å²) in [6.07, 6.45) is 0. The van der Waals surface area contributed by atoms with Gasteiger partial charge in [-0.2, -0.15) is 0 Å². The number of hydrogen-bond acceptors (Lipinski definition) is 4. The molecule has 1 aromatic carbocycles. The summed E-state index contributed by atoms with van der Waals surface area (Å²) in [6, 6.07) is 6.27. The van der Waals surface area contributed by atoms with Gasteiger partial charge in [-0.25, -0.2) is 13.1 Å². The molecule has 1 fully saturated rings. The lowest BCUT2D eigenvalue weighted by Crippen LogP contribution is -2.49. The summed E-state index contributed by atoms with van der Waals surface area (Å²) >= 11 is 3.24. The number of rotatable bonds is 4. The summed E-state index contributed by atoms with van der Waals surface area (Å²) < 4.78 is 27.2. The number of halogens is 1. The molecule has 2 N–H and O–H groups in total. The highest BCUT2D eigenvalue weighted by Crippen LogP contribution is 2.14. The Balaban J connectivity index is 1.95. The molecule has 1 aromatic rings. The second-order valence-electron chi connectivity index (χ2n) is 4.41. The van der Waals surface area contributed by atoms with E-state index in [9.17, 15) is 13.2 Å². The predicted molar refractivity (Wildman–Crippen MR) is 78.8 cm³/mol. The Morgan fingerprint density at radius 3 is 2.45 bits per heavy atom. The zero-order chi connectivity index (χ0) is 14.6. The molecule has 8 heteroatoms. The minimum absolute atomic E-state index is 0.147. The number of sulfonamides is 1. The van der Waals surface area contributed by atoms with Gasteiger partial charge in [0.2, 0.25) is 15.9 Å². The van der Waals surface area contributed by atoms with Crippen molar-refractivity contribution in [1.82, 2.24) is 14.9 Å². The van der Waals surface area contributed by atoms with Crippen LogP contribution in [-0.2, 0) is 14.8 Å². The van der Waals surface area contributed by atoms with Crippen molar-refractivity contribution in [3.8, 4) is 0 Å². The first-order valence-corrected chi connectivity index (χ1v) is 8.50. The number of carbonyl (C=O) groups excluding carboxylic acids is 1. The Hall–Kier alpha value is -0.960. The first kappa shape index (κ1) is 15.4. The monoisotopic (exact) mass is 361 g/mol. The van der Waals surface area contributed by atoms with Crippen LogP contribution in [0.4, 0.5) is 0 Å². The molecule has 0 aromatic heterocycles. The molecule has 1 heterocycles. The molecule has 1 amide bonds. The largest absolute Gasteiger partial charge is 0.339 e. The summed E-state index contributed by atoms with van der Waals surface area (Å²) in [5.41, 5.74) is 0. The maximum atomic E-state index is 12.0. The van der Waals surface area contributed by atoms with E-state index in [1.807, 2.05) is 0 Å². The quantitative estimate of drug-likeness (QED) is 0.800. The molecule has 6 nitrogen and oxygen atoms in total. The normalized spacial score (nSPS) is 16.1. The first-order chi connectivity index (χ1) is 9.49. The third kappa shape index (κ3) is 4.02. The van der Waals surface area contributed by atoms with Crippen molar-refractivity contribution >= 4 is 31.9 Å². The number of nitrogens with zero attached hydrogens (tertiary/aromatic N) is 1. The molecule has 0 unspecified atom stereocenters. The molecule has 110 valence electrons. The van der Waals surface area contributed by atoms with Crippen molar-refractivity contribution in [3.05, 3.63) is 28.7 Å². The van der Waals surface area contributed by atoms with Gasteiger partial charge in [0, 0.05) is 30.7 Å². The van der Waals surface area contributed by atoms with E-state index >= 15 is 0 Å². The van der Waals surface area contributed by atoms with Crippen LogP contribution >= 0.6 is 15.9 Å². The second-order valence-corrected chi connectivity index (χ2v) is 7.09. The van der Waals surface area contributed by atoms with Gasteiger partial charge in [0.1, 0.15) is 0 Å². The van der Waals surface area contributed by atoms with Crippen LogP contribution in [0, 0.1) is 0 Å². The molecule has 20 heavy (non-hydrogen) atoms. The smallest absolute Gasteiger partial charge is 0.241 e. The van der Waals surface area contributed by atoms with E-state index in [4.69, 9.17) is 0 Å². The lowest BCUT2D eigenvalue weighted by atomic mass is 10.3. The Morgan fingerprint density at radius 1 is 1.25 bits per heavy atom. The second kappa shape index (κ2) is 6.66. The Morgan fingerprint density at radius 2 is 1.85 bits per heavy atom. The van der Waals surface area contributed by atoms with Crippen molar-refractivity contribution in [3.63, 3.8) is 0 Å². The minimum atomic E-state index is -3.64. The van der Waals surface area contributed by atoms with Crippen LogP contribution in [0.15, 0.2) is 33.6 Å². The average Bonchev–Trinajstić information content (AvgIpc) is 2.46. The van der Waals surface area contributed by atoms with E-state index in [0.29, 0.717) is 13.1 Å². The molecular weight excluding hydrogens is 346 g/mol. The van der Waals surface area contributed by atoms with Crippen LogP contribution in [0.5, 0.6) is 0 Å². The maximum Gasteiger partial charge on any atom is 0.241 e. The van der Waals surface area contributed by atoms with Crippen LogP contribution < -0.4 is 10.0 Å². The fourth-order valence-electron chi connectivity index (χ4n) is 1.88. The topological polar surface area (TPSA) is 78.5 Å². The number of nitrogens with one attached hydrogen (secondary N) is 2. The lowest BCUT2D eigenvalue weighted by Gasteiger charge is -2.27. The number of piperazine rings is 1. The highest BCUT2D eigenvalue weighted by molar-refractivity contribution is 9.10. The first-order valence-electron chi connectivity index (χ1n) is 6.23. The number of benzene rings is 1. The van der Waals surface area contributed by atoms with E-state index in [2.05, 4.69) is 26.0 Å². The Kier molecular flexibility index (Phi) is 5.14. The molecule has 1 aliphatic heterocycles. The van der Waals surface area contributed by atoms with E-state index in [1.165, 1.54) is 12.1 Å². The van der Waals surface area contributed by atoms with Crippen molar-refractivity contribution in [2.24, 2.45) is 0 Å². The van der Waals surface area contributed by atoms with Gasteiger partial charge < -0.3 is 10.2 Å². The van der Waals surface area contributed by atoms with Crippen molar-refractivity contribution in [1.29, 1.82) is 0 Å². The number of carbonyl (C=O) groups is 1. The number of amides is 1. The maximum absolute atomic E-state index is 12.0. The molecule has 0 radical (unpaired) electrons. The fourth-order valence-corrected chi connectivity index (χ4v) is 3.12. The molecule has 2 rings (SSSR count).